The van der Waals surface area contributed by atoms with E-state index in [1.54, 1.807) is 6.20 Å². The second kappa shape index (κ2) is 3.59. The molecule has 82 valence electrons. The van der Waals surface area contributed by atoms with Crippen LogP contribution in [0.1, 0.15) is 18.7 Å². The smallest absolute Gasteiger partial charge is 0.203 e. The van der Waals surface area contributed by atoms with Crippen LogP contribution in [0.5, 0.6) is 0 Å². The fourth-order valence-electron chi connectivity index (χ4n) is 1.97. The second-order valence-corrected chi connectivity index (χ2v) is 4.00. The van der Waals surface area contributed by atoms with Crippen LogP contribution in [-0.2, 0) is 0 Å². The number of nitrogens with one attached hydrogen (secondary N) is 1. The maximum atomic E-state index is 4.32. The predicted octanol–water partition coefficient (Wildman–Crippen LogP) is 1.56. The molecule has 5 heteroatoms. The molecule has 0 fully saturated rings. The van der Waals surface area contributed by atoms with E-state index in [1.807, 2.05) is 17.5 Å². The van der Waals surface area contributed by atoms with Crippen molar-refractivity contribution in [1.29, 1.82) is 0 Å². The zero-order chi connectivity index (χ0) is 11.0. The average molecular weight is 215 g/mol. The van der Waals surface area contributed by atoms with Gasteiger partial charge in [0, 0.05) is 18.4 Å². The number of hydrogen-bond acceptors (Lipinski definition) is 4. The Balaban J connectivity index is 1.96. The minimum atomic E-state index is 0.440. The number of rotatable bonds is 2. The third kappa shape index (κ3) is 1.44. The summed E-state index contributed by atoms with van der Waals surface area (Å²) >= 11 is 0. The molecule has 0 aliphatic heterocycles. The number of anilines is 1. The Bertz CT molecular complexity index is 534. The van der Waals surface area contributed by atoms with Crippen LogP contribution in [0.3, 0.4) is 0 Å². The third-order valence-electron chi connectivity index (χ3n) is 2.85. The molecule has 2 heterocycles. The van der Waals surface area contributed by atoms with Gasteiger partial charge in [-0.3, -0.25) is 4.40 Å². The maximum Gasteiger partial charge on any atom is 0.203 e. The Kier molecular flexibility index (Phi) is 2.09. The van der Waals surface area contributed by atoms with Crippen molar-refractivity contribution in [2.75, 3.05) is 5.32 Å². The number of nitrogens with zero attached hydrogens (tertiary/aromatic N) is 4. The fraction of sp³-hybridized carbons (Fsp3) is 0.364. The molecule has 0 radical (unpaired) electrons. The first kappa shape index (κ1) is 9.33. The Hall–Kier alpha value is -1.91. The molecule has 0 bridgehead atoms. The maximum absolute atomic E-state index is 4.32. The van der Waals surface area contributed by atoms with Gasteiger partial charge in [-0.05, 0) is 19.8 Å². The number of aromatic nitrogens is 4. The molecule has 16 heavy (non-hydrogen) atoms. The van der Waals surface area contributed by atoms with Crippen LogP contribution in [0.25, 0.3) is 5.65 Å². The summed E-state index contributed by atoms with van der Waals surface area (Å²) in [5.41, 5.74) is 0.798. The van der Waals surface area contributed by atoms with E-state index in [4.69, 9.17) is 0 Å². The molecule has 0 saturated heterocycles. The van der Waals surface area contributed by atoms with Crippen molar-refractivity contribution in [1.82, 2.24) is 19.6 Å². The topological polar surface area (TPSA) is 55.1 Å². The highest BCUT2D eigenvalue weighted by Crippen LogP contribution is 2.18. The fourth-order valence-corrected chi connectivity index (χ4v) is 1.97. The molecule has 0 aromatic carbocycles. The van der Waals surface area contributed by atoms with Gasteiger partial charge in [0.2, 0.25) is 5.65 Å². The minimum absolute atomic E-state index is 0.440. The third-order valence-corrected chi connectivity index (χ3v) is 2.85. The molecule has 1 N–H and O–H groups in total. The summed E-state index contributed by atoms with van der Waals surface area (Å²) in [7, 11) is 0. The number of hydrogen-bond donors (Lipinski definition) is 1. The first-order chi connectivity index (χ1) is 7.84. The largest absolute Gasteiger partial charge is 0.364 e. The Morgan fingerprint density at radius 3 is 2.94 bits per heavy atom. The summed E-state index contributed by atoms with van der Waals surface area (Å²) in [6.07, 6.45) is 10.1. The number of fused-ring (bicyclic) bond motifs is 1. The standard InChI is InChI=1S/C11H13N5/c1-8-14-15-11-10(12-6-7-16(8)11)13-9-4-2-3-5-9/h2-3,6-7,9H,4-5H2,1H3,(H,12,13). The lowest BCUT2D eigenvalue weighted by atomic mass is 10.2. The van der Waals surface area contributed by atoms with E-state index in [-0.39, 0.29) is 0 Å². The van der Waals surface area contributed by atoms with Crippen LogP contribution in [0.15, 0.2) is 24.5 Å². The van der Waals surface area contributed by atoms with E-state index < -0.39 is 0 Å². The lowest BCUT2D eigenvalue weighted by Crippen LogP contribution is -2.16. The lowest BCUT2D eigenvalue weighted by Gasteiger charge is -2.12. The lowest BCUT2D eigenvalue weighted by molar-refractivity contribution is 0.780. The quantitative estimate of drug-likeness (QED) is 0.772. The zero-order valence-electron chi connectivity index (χ0n) is 9.09. The first-order valence-corrected chi connectivity index (χ1v) is 5.42. The monoisotopic (exact) mass is 215 g/mol. The summed E-state index contributed by atoms with van der Waals surface area (Å²) in [5, 5.41) is 11.6. The average Bonchev–Trinajstić information content (AvgIpc) is 2.90. The van der Waals surface area contributed by atoms with Crippen LogP contribution < -0.4 is 5.32 Å². The van der Waals surface area contributed by atoms with Crippen LogP contribution in [0.4, 0.5) is 5.82 Å². The molecule has 0 spiro atoms. The predicted molar refractivity (Wildman–Crippen MR) is 61.3 cm³/mol. The number of aryl methyl sites for hydroxylation is 1. The van der Waals surface area contributed by atoms with Gasteiger partial charge in [-0.15, -0.1) is 10.2 Å². The van der Waals surface area contributed by atoms with Gasteiger partial charge in [0.15, 0.2) is 5.82 Å². The van der Waals surface area contributed by atoms with Gasteiger partial charge in [0.05, 0.1) is 0 Å². The van der Waals surface area contributed by atoms with Crippen LogP contribution >= 0.6 is 0 Å². The first-order valence-electron chi connectivity index (χ1n) is 5.42. The SMILES string of the molecule is Cc1nnc2c(NC3CC=CC3)nccn12. The van der Waals surface area contributed by atoms with Crippen molar-refractivity contribution in [2.24, 2.45) is 0 Å². The highest BCUT2D eigenvalue weighted by molar-refractivity contribution is 5.62. The van der Waals surface area contributed by atoms with Gasteiger partial charge in [-0.25, -0.2) is 4.98 Å². The zero-order valence-corrected chi connectivity index (χ0v) is 9.09. The van der Waals surface area contributed by atoms with Gasteiger partial charge in [-0.1, -0.05) is 12.2 Å². The molecule has 2 aromatic heterocycles. The summed E-state index contributed by atoms with van der Waals surface area (Å²) in [6.45, 7) is 1.93. The van der Waals surface area contributed by atoms with Gasteiger partial charge in [0.25, 0.3) is 0 Å². The van der Waals surface area contributed by atoms with E-state index in [0.717, 1.165) is 30.1 Å². The van der Waals surface area contributed by atoms with Crippen molar-refractivity contribution in [3.63, 3.8) is 0 Å². The normalized spacial score (nSPS) is 16.1. The molecular formula is C11H13N5. The highest BCUT2D eigenvalue weighted by Gasteiger charge is 2.13. The van der Waals surface area contributed by atoms with E-state index in [2.05, 4.69) is 32.7 Å². The van der Waals surface area contributed by atoms with E-state index in [9.17, 15) is 0 Å². The Morgan fingerprint density at radius 1 is 1.31 bits per heavy atom. The molecule has 0 saturated carbocycles. The van der Waals surface area contributed by atoms with Crippen molar-refractivity contribution in [3.8, 4) is 0 Å². The van der Waals surface area contributed by atoms with Crippen molar-refractivity contribution in [2.45, 2.75) is 25.8 Å². The van der Waals surface area contributed by atoms with Gasteiger partial charge < -0.3 is 5.32 Å². The minimum Gasteiger partial charge on any atom is -0.364 e. The summed E-state index contributed by atoms with van der Waals surface area (Å²) < 4.78 is 1.94. The molecule has 1 aliphatic carbocycles. The van der Waals surface area contributed by atoms with E-state index >= 15 is 0 Å². The van der Waals surface area contributed by atoms with Gasteiger partial charge in [-0.2, -0.15) is 0 Å². The van der Waals surface area contributed by atoms with Crippen LogP contribution in [0, 0.1) is 6.92 Å². The molecule has 2 aromatic rings. The van der Waals surface area contributed by atoms with E-state index in [1.165, 1.54) is 0 Å². The summed E-state index contributed by atoms with van der Waals surface area (Å²) in [6, 6.07) is 0.440. The second-order valence-electron chi connectivity index (χ2n) is 4.00. The molecule has 0 unspecified atom stereocenters. The van der Waals surface area contributed by atoms with Gasteiger partial charge >= 0.3 is 0 Å². The molecule has 5 nitrogen and oxygen atoms in total. The molecule has 0 atom stereocenters. The molecule has 0 amide bonds. The summed E-state index contributed by atoms with van der Waals surface area (Å²) in [4.78, 5) is 4.32. The van der Waals surface area contributed by atoms with Crippen molar-refractivity contribution in [3.05, 3.63) is 30.4 Å². The van der Waals surface area contributed by atoms with E-state index in [0.29, 0.717) is 6.04 Å². The summed E-state index contributed by atoms with van der Waals surface area (Å²) in [5.74, 6) is 1.70. The van der Waals surface area contributed by atoms with Crippen molar-refractivity contribution >= 4 is 11.5 Å². The Morgan fingerprint density at radius 2 is 2.12 bits per heavy atom. The van der Waals surface area contributed by atoms with Crippen LogP contribution in [-0.4, -0.2) is 25.6 Å². The van der Waals surface area contributed by atoms with Crippen molar-refractivity contribution < 1.29 is 0 Å². The van der Waals surface area contributed by atoms with Crippen LogP contribution in [0.2, 0.25) is 0 Å². The molecule has 3 rings (SSSR count). The molecule has 1 aliphatic rings. The molecular weight excluding hydrogens is 202 g/mol. The Labute approximate surface area is 93.2 Å². The highest BCUT2D eigenvalue weighted by atomic mass is 15.3. The van der Waals surface area contributed by atoms with Gasteiger partial charge in [0.1, 0.15) is 5.82 Å².